The lowest BCUT2D eigenvalue weighted by Gasteiger charge is -2.47. The molecule has 0 aliphatic carbocycles. The van der Waals surface area contributed by atoms with Crippen LogP contribution in [0.4, 0.5) is 5.69 Å². The first-order valence-corrected chi connectivity index (χ1v) is 10.3. The van der Waals surface area contributed by atoms with Gasteiger partial charge in [-0.3, -0.25) is 14.9 Å². The second-order valence-corrected chi connectivity index (χ2v) is 7.67. The standard InChI is InChI=1S/C22H24N2O9/c1-12(25)23-18-19(26)20-17(11-30-21(33-20)13-3-7-15(29-2)8-4-13)32-22(18)31-16-9-5-14(6-10-16)24(27)28/h3-10,17-22,26H,11H2,1-2H3,(H,23,25)/t17-,18-,19-,20+,21-,22+/m1/s1. The maximum absolute atomic E-state index is 11.8. The Labute approximate surface area is 189 Å². The zero-order chi connectivity index (χ0) is 23.5. The third kappa shape index (κ3) is 5.06. The Morgan fingerprint density at radius 1 is 1.12 bits per heavy atom. The first kappa shape index (κ1) is 22.9. The summed E-state index contributed by atoms with van der Waals surface area (Å²) in [4.78, 5) is 22.1. The number of aliphatic hydroxyl groups is 1. The van der Waals surface area contributed by atoms with E-state index in [1.165, 1.54) is 31.2 Å². The van der Waals surface area contributed by atoms with Gasteiger partial charge in [-0.1, -0.05) is 12.1 Å². The molecular formula is C22H24N2O9. The number of ether oxygens (including phenoxy) is 5. The first-order chi connectivity index (χ1) is 15.9. The molecule has 2 aliphatic rings. The molecule has 2 aliphatic heterocycles. The molecule has 0 radical (unpaired) electrons. The van der Waals surface area contributed by atoms with Gasteiger partial charge in [0.25, 0.3) is 5.69 Å². The molecule has 2 fully saturated rings. The Bertz CT molecular complexity index is 982. The molecule has 2 heterocycles. The summed E-state index contributed by atoms with van der Waals surface area (Å²) in [5.41, 5.74) is 0.644. The number of carbonyl (C=O) groups is 1. The van der Waals surface area contributed by atoms with E-state index >= 15 is 0 Å². The number of nitro benzene ring substituents is 1. The highest BCUT2D eigenvalue weighted by atomic mass is 16.7. The molecule has 0 bridgehead atoms. The number of nitrogens with one attached hydrogen (secondary N) is 1. The van der Waals surface area contributed by atoms with Gasteiger partial charge in [0, 0.05) is 24.6 Å². The van der Waals surface area contributed by atoms with Gasteiger partial charge in [0.15, 0.2) is 6.29 Å². The lowest BCUT2D eigenvalue weighted by atomic mass is 9.95. The molecular weight excluding hydrogens is 436 g/mol. The predicted octanol–water partition coefficient (Wildman–Crippen LogP) is 1.69. The topological polar surface area (TPSA) is 139 Å². The Kier molecular flexibility index (Phi) is 6.75. The van der Waals surface area contributed by atoms with Crippen LogP contribution in [0.25, 0.3) is 0 Å². The summed E-state index contributed by atoms with van der Waals surface area (Å²) < 4.78 is 28.7. The van der Waals surface area contributed by atoms with Gasteiger partial charge >= 0.3 is 0 Å². The number of rotatable bonds is 6. The van der Waals surface area contributed by atoms with Gasteiger partial charge in [0.05, 0.1) is 18.6 Å². The van der Waals surface area contributed by atoms with Crippen LogP contribution < -0.4 is 14.8 Å². The van der Waals surface area contributed by atoms with Crippen LogP contribution in [0.5, 0.6) is 11.5 Å². The van der Waals surface area contributed by atoms with Gasteiger partial charge in [-0.2, -0.15) is 0 Å². The van der Waals surface area contributed by atoms with Gasteiger partial charge < -0.3 is 34.1 Å². The van der Waals surface area contributed by atoms with Crippen molar-refractivity contribution in [3.63, 3.8) is 0 Å². The lowest BCUT2D eigenvalue weighted by Crippen LogP contribution is -2.67. The first-order valence-electron chi connectivity index (χ1n) is 10.3. The molecule has 11 heteroatoms. The monoisotopic (exact) mass is 460 g/mol. The number of methoxy groups -OCH3 is 1. The average molecular weight is 460 g/mol. The number of carbonyl (C=O) groups excluding carboxylic acids is 1. The minimum atomic E-state index is -1.17. The van der Waals surface area contributed by atoms with E-state index in [-0.39, 0.29) is 18.0 Å². The minimum Gasteiger partial charge on any atom is -0.497 e. The molecule has 6 atom stereocenters. The quantitative estimate of drug-likeness (QED) is 0.487. The Balaban J connectivity index is 1.50. The molecule has 2 aromatic rings. The van der Waals surface area contributed by atoms with Gasteiger partial charge in [0.2, 0.25) is 12.2 Å². The normalized spacial score (nSPS) is 28.9. The lowest BCUT2D eigenvalue weighted by molar-refractivity contribution is -0.384. The number of fused-ring (bicyclic) bond motifs is 1. The summed E-state index contributed by atoms with van der Waals surface area (Å²) in [6.45, 7) is 1.43. The number of non-ortho nitro benzene ring substituents is 1. The third-order valence-electron chi connectivity index (χ3n) is 5.42. The molecule has 0 aromatic heterocycles. The molecule has 0 saturated carbocycles. The Hall–Kier alpha value is -3.25. The third-order valence-corrected chi connectivity index (χ3v) is 5.42. The molecule has 176 valence electrons. The molecule has 2 aromatic carbocycles. The highest BCUT2D eigenvalue weighted by Gasteiger charge is 2.50. The van der Waals surface area contributed by atoms with Crippen LogP contribution in [0.15, 0.2) is 48.5 Å². The van der Waals surface area contributed by atoms with Gasteiger partial charge in [-0.15, -0.1) is 0 Å². The van der Waals surface area contributed by atoms with Crippen molar-refractivity contribution in [1.29, 1.82) is 0 Å². The summed E-state index contributed by atoms with van der Waals surface area (Å²) >= 11 is 0. The fraction of sp³-hybridized carbons (Fsp3) is 0.409. The second-order valence-electron chi connectivity index (χ2n) is 7.67. The van der Waals surface area contributed by atoms with Crippen LogP contribution in [0.1, 0.15) is 18.8 Å². The number of hydrogen-bond donors (Lipinski definition) is 2. The summed E-state index contributed by atoms with van der Waals surface area (Å²) in [6, 6.07) is 11.6. The number of amides is 1. The zero-order valence-corrected chi connectivity index (χ0v) is 18.0. The Morgan fingerprint density at radius 2 is 1.79 bits per heavy atom. The Morgan fingerprint density at radius 3 is 2.39 bits per heavy atom. The largest absolute Gasteiger partial charge is 0.497 e. The zero-order valence-electron chi connectivity index (χ0n) is 18.0. The fourth-order valence-corrected chi connectivity index (χ4v) is 3.79. The molecule has 0 unspecified atom stereocenters. The number of nitrogens with zero attached hydrogens (tertiary/aromatic N) is 1. The van der Waals surface area contributed by atoms with Crippen LogP contribution >= 0.6 is 0 Å². The number of nitro groups is 1. The van der Waals surface area contributed by atoms with E-state index in [0.717, 1.165) is 5.56 Å². The van der Waals surface area contributed by atoms with Crippen LogP contribution in [0.3, 0.4) is 0 Å². The van der Waals surface area contributed by atoms with Crippen molar-refractivity contribution in [3.05, 3.63) is 64.2 Å². The number of hydrogen-bond acceptors (Lipinski definition) is 9. The molecule has 11 nitrogen and oxygen atoms in total. The number of aliphatic hydroxyl groups excluding tert-OH is 1. The van der Waals surface area contributed by atoms with E-state index in [1.54, 1.807) is 31.4 Å². The molecule has 2 N–H and O–H groups in total. The highest BCUT2D eigenvalue weighted by molar-refractivity contribution is 5.73. The van der Waals surface area contributed by atoms with E-state index in [1.807, 2.05) is 0 Å². The average Bonchev–Trinajstić information content (AvgIpc) is 2.81. The maximum Gasteiger partial charge on any atom is 0.269 e. The second kappa shape index (κ2) is 9.71. The van der Waals surface area contributed by atoms with E-state index in [0.29, 0.717) is 5.75 Å². The van der Waals surface area contributed by atoms with Crippen molar-refractivity contribution in [2.75, 3.05) is 13.7 Å². The summed E-state index contributed by atoms with van der Waals surface area (Å²) in [6.07, 6.45) is -4.43. The van der Waals surface area contributed by atoms with E-state index in [9.17, 15) is 20.0 Å². The smallest absolute Gasteiger partial charge is 0.269 e. The van der Waals surface area contributed by atoms with E-state index < -0.39 is 47.8 Å². The van der Waals surface area contributed by atoms with Crippen molar-refractivity contribution >= 4 is 11.6 Å². The molecule has 33 heavy (non-hydrogen) atoms. The molecule has 1 amide bonds. The molecule has 4 rings (SSSR count). The van der Waals surface area contributed by atoms with Crippen LogP contribution in [-0.4, -0.2) is 60.3 Å². The van der Waals surface area contributed by atoms with E-state index in [2.05, 4.69) is 5.32 Å². The minimum absolute atomic E-state index is 0.0934. The van der Waals surface area contributed by atoms with Gasteiger partial charge in [-0.05, 0) is 24.3 Å². The predicted molar refractivity (Wildman–Crippen MR) is 113 cm³/mol. The number of benzene rings is 2. The summed E-state index contributed by atoms with van der Waals surface area (Å²) in [5, 5.41) is 24.6. The molecule has 2 saturated heterocycles. The van der Waals surface area contributed by atoms with Gasteiger partial charge in [0.1, 0.15) is 35.9 Å². The van der Waals surface area contributed by atoms with Gasteiger partial charge in [-0.25, -0.2) is 0 Å². The summed E-state index contributed by atoms with van der Waals surface area (Å²) in [5.74, 6) is 0.572. The molecule has 0 spiro atoms. The SMILES string of the molecule is COc1ccc([C@@H]2OC[C@H]3O[C@H](Oc4ccc([N+](=O)[O-])cc4)[C@H](NC(C)=O)[C@@H](O)[C@H]3O2)cc1. The van der Waals surface area contributed by atoms with E-state index in [4.69, 9.17) is 23.7 Å². The van der Waals surface area contributed by atoms with Crippen molar-refractivity contribution in [3.8, 4) is 11.5 Å². The van der Waals surface area contributed by atoms with Crippen LogP contribution in [0.2, 0.25) is 0 Å². The van der Waals surface area contributed by atoms with Crippen LogP contribution in [0, 0.1) is 10.1 Å². The van der Waals surface area contributed by atoms with Crippen LogP contribution in [-0.2, 0) is 19.0 Å². The van der Waals surface area contributed by atoms with Crippen molar-refractivity contribution < 1.29 is 38.5 Å². The highest BCUT2D eigenvalue weighted by Crippen LogP contribution is 2.35. The van der Waals surface area contributed by atoms with Crippen molar-refractivity contribution in [2.45, 2.75) is 43.9 Å². The van der Waals surface area contributed by atoms with Crippen molar-refractivity contribution in [2.24, 2.45) is 0 Å². The summed E-state index contributed by atoms with van der Waals surface area (Å²) in [7, 11) is 1.57. The fourth-order valence-electron chi connectivity index (χ4n) is 3.79. The van der Waals surface area contributed by atoms with Crippen molar-refractivity contribution in [1.82, 2.24) is 5.32 Å². The maximum atomic E-state index is 11.8.